The molecule has 106 valence electrons. The van der Waals surface area contributed by atoms with E-state index >= 15 is 0 Å². The summed E-state index contributed by atoms with van der Waals surface area (Å²) in [5.41, 5.74) is 9.95. The van der Waals surface area contributed by atoms with E-state index in [1.54, 1.807) is 12.4 Å². The molecular formula is C16H16N4O. The number of nitrogens with zero attached hydrogens (tertiary/aromatic N) is 2. The molecule has 5 heteroatoms. The van der Waals surface area contributed by atoms with Gasteiger partial charge in [0.25, 0.3) is 5.91 Å². The van der Waals surface area contributed by atoms with Crippen LogP contribution >= 0.6 is 0 Å². The molecule has 0 aliphatic carbocycles. The van der Waals surface area contributed by atoms with Crippen LogP contribution in [0, 0.1) is 0 Å². The van der Waals surface area contributed by atoms with Crippen LogP contribution < -0.4 is 16.0 Å². The summed E-state index contributed by atoms with van der Waals surface area (Å²) in [6.07, 6.45) is 4.24. The molecule has 3 N–H and O–H groups in total. The zero-order chi connectivity index (χ0) is 14.4. The molecule has 2 aliphatic rings. The standard InChI is InChI=1S/C16H16N4O/c17-13-6-8-20-14-11(13)4-1-5-12(14)16(21)19-15(20)10-3-2-7-18-9-10/h1-5,7,9,13,15H,6,8,17H2,(H,19,21)/t13-,15-/m1/s1. The first-order valence-corrected chi connectivity index (χ1v) is 7.11. The van der Waals surface area contributed by atoms with Crippen LogP contribution in [0.5, 0.6) is 0 Å². The maximum Gasteiger partial charge on any atom is 0.255 e. The lowest BCUT2D eigenvalue weighted by Crippen LogP contribution is -2.49. The minimum Gasteiger partial charge on any atom is -0.346 e. The summed E-state index contributed by atoms with van der Waals surface area (Å²) in [5.74, 6) is -0.0500. The fraction of sp³-hybridized carbons (Fsp3) is 0.250. The normalized spacial score (nSPS) is 23.5. The average Bonchev–Trinajstić information content (AvgIpc) is 2.53. The molecule has 4 rings (SSSR count). The van der Waals surface area contributed by atoms with Crippen LogP contribution in [0.2, 0.25) is 0 Å². The van der Waals surface area contributed by atoms with E-state index in [9.17, 15) is 4.79 Å². The molecular weight excluding hydrogens is 264 g/mol. The van der Waals surface area contributed by atoms with E-state index < -0.39 is 0 Å². The van der Waals surface area contributed by atoms with Gasteiger partial charge in [-0.15, -0.1) is 0 Å². The number of para-hydroxylation sites is 1. The van der Waals surface area contributed by atoms with Crippen molar-refractivity contribution in [2.24, 2.45) is 5.73 Å². The summed E-state index contributed by atoms with van der Waals surface area (Å²) in [7, 11) is 0. The molecule has 2 aromatic rings. The molecule has 0 radical (unpaired) electrons. The molecule has 1 aromatic heterocycles. The molecule has 0 fully saturated rings. The third-order valence-corrected chi connectivity index (χ3v) is 4.26. The molecule has 3 heterocycles. The van der Waals surface area contributed by atoms with E-state index in [-0.39, 0.29) is 18.1 Å². The number of amides is 1. The van der Waals surface area contributed by atoms with Crippen LogP contribution in [0.15, 0.2) is 42.7 Å². The number of hydrogen-bond acceptors (Lipinski definition) is 4. The second kappa shape index (κ2) is 4.56. The van der Waals surface area contributed by atoms with Gasteiger partial charge in [-0.3, -0.25) is 9.78 Å². The van der Waals surface area contributed by atoms with Gasteiger partial charge >= 0.3 is 0 Å². The van der Waals surface area contributed by atoms with Crippen molar-refractivity contribution in [1.82, 2.24) is 10.3 Å². The number of nitrogens with one attached hydrogen (secondary N) is 1. The highest BCUT2D eigenvalue weighted by Gasteiger charge is 2.37. The van der Waals surface area contributed by atoms with Crippen LogP contribution in [0.1, 0.15) is 40.1 Å². The second-order valence-electron chi connectivity index (χ2n) is 5.49. The Morgan fingerprint density at radius 1 is 1.29 bits per heavy atom. The molecule has 2 aliphatic heterocycles. The van der Waals surface area contributed by atoms with E-state index in [1.165, 1.54) is 0 Å². The molecule has 0 spiro atoms. The summed E-state index contributed by atoms with van der Waals surface area (Å²) in [6.45, 7) is 0.824. The van der Waals surface area contributed by atoms with Gasteiger partial charge in [0.2, 0.25) is 0 Å². The molecule has 5 nitrogen and oxygen atoms in total. The van der Waals surface area contributed by atoms with Crippen LogP contribution in [-0.2, 0) is 0 Å². The Morgan fingerprint density at radius 3 is 3.00 bits per heavy atom. The summed E-state index contributed by atoms with van der Waals surface area (Å²) in [6, 6.07) is 9.66. The minimum absolute atomic E-state index is 0.00310. The highest BCUT2D eigenvalue weighted by molar-refractivity contribution is 6.03. The fourth-order valence-corrected chi connectivity index (χ4v) is 3.25. The average molecular weight is 280 g/mol. The maximum atomic E-state index is 12.4. The zero-order valence-electron chi connectivity index (χ0n) is 11.5. The quantitative estimate of drug-likeness (QED) is 0.834. The van der Waals surface area contributed by atoms with Gasteiger partial charge < -0.3 is 16.0 Å². The van der Waals surface area contributed by atoms with Crippen molar-refractivity contribution in [2.45, 2.75) is 18.6 Å². The third kappa shape index (κ3) is 1.81. The molecule has 1 amide bonds. The van der Waals surface area contributed by atoms with Gasteiger partial charge in [0.05, 0.1) is 11.3 Å². The first kappa shape index (κ1) is 12.3. The van der Waals surface area contributed by atoms with Crippen LogP contribution in [0.3, 0.4) is 0 Å². The van der Waals surface area contributed by atoms with Gasteiger partial charge in [-0.2, -0.15) is 0 Å². The molecule has 0 saturated heterocycles. The Morgan fingerprint density at radius 2 is 2.19 bits per heavy atom. The van der Waals surface area contributed by atoms with Crippen LogP contribution in [-0.4, -0.2) is 17.4 Å². The number of pyridine rings is 1. The Hall–Kier alpha value is -2.40. The van der Waals surface area contributed by atoms with E-state index in [4.69, 9.17) is 5.73 Å². The Balaban J connectivity index is 1.88. The van der Waals surface area contributed by atoms with Crippen molar-refractivity contribution in [3.63, 3.8) is 0 Å². The molecule has 0 bridgehead atoms. The summed E-state index contributed by atoms with van der Waals surface area (Å²) in [5, 5.41) is 3.07. The highest BCUT2D eigenvalue weighted by atomic mass is 16.2. The maximum absolute atomic E-state index is 12.4. The van der Waals surface area contributed by atoms with E-state index in [0.29, 0.717) is 5.56 Å². The lowest BCUT2D eigenvalue weighted by atomic mass is 9.91. The molecule has 2 atom stereocenters. The molecule has 21 heavy (non-hydrogen) atoms. The number of hydrogen-bond donors (Lipinski definition) is 2. The largest absolute Gasteiger partial charge is 0.346 e. The van der Waals surface area contributed by atoms with Gasteiger partial charge in [-0.1, -0.05) is 18.2 Å². The van der Waals surface area contributed by atoms with Crippen molar-refractivity contribution in [2.75, 3.05) is 11.4 Å². The third-order valence-electron chi connectivity index (χ3n) is 4.26. The number of carbonyl (C=O) groups is 1. The summed E-state index contributed by atoms with van der Waals surface area (Å²) < 4.78 is 0. The first-order valence-electron chi connectivity index (χ1n) is 7.11. The SMILES string of the molecule is N[C@@H]1CCN2c3c(cccc31)C(=O)N[C@H]2c1cccnc1. The number of benzene rings is 1. The molecule has 0 saturated carbocycles. The molecule has 0 unspecified atom stereocenters. The number of carbonyl (C=O) groups excluding carboxylic acids is 1. The van der Waals surface area contributed by atoms with Crippen molar-refractivity contribution in [3.05, 3.63) is 59.4 Å². The number of anilines is 1. The van der Waals surface area contributed by atoms with Crippen LogP contribution in [0.25, 0.3) is 0 Å². The fourth-order valence-electron chi connectivity index (χ4n) is 3.25. The Kier molecular flexibility index (Phi) is 2.68. The Labute approximate surface area is 122 Å². The summed E-state index contributed by atoms with van der Waals surface area (Å²) in [4.78, 5) is 18.8. The number of nitrogens with two attached hydrogens (primary N) is 1. The smallest absolute Gasteiger partial charge is 0.255 e. The number of aromatic nitrogens is 1. The number of rotatable bonds is 1. The molecule has 1 aromatic carbocycles. The van der Waals surface area contributed by atoms with Gasteiger partial charge in [0, 0.05) is 30.5 Å². The van der Waals surface area contributed by atoms with E-state index in [0.717, 1.165) is 29.8 Å². The van der Waals surface area contributed by atoms with Crippen molar-refractivity contribution >= 4 is 11.6 Å². The zero-order valence-corrected chi connectivity index (χ0v) is 11.5. The predicted molar refractivity (Wildman–Crippen MR) is 79.8 cm³/mol. The van der Waals surface area contributed by atoms with Crippen molar-refractivity contribution in [1.29, 1.82) is 0 Å². The topological polar surface area (TPSA) is 71.2 Å². The lowest BCUT2D eigenvalue weighted by Gasteiger charge is -2.44. The van der Waals surface area contributed by atoms with Crippen molar-refractivity contribution in [3.8, 4) is 0 Å². The van der Waals surface area contributed by atoms with Crippen molar-refractivity contribution < 1.29 is 4.79 Å². The van der Waals surface area contributed by atoms with E-state index in [2.05, 4.69) is 15.2 Å². The predicted octanol–water partition coefficient (Wildman–Crippen LogP) is 1.73. The lowest BCUT2D eigenvalue weighted by molar-refractivity contribution is 0.0925. The Bertz CT molecular complexity index is 701. The minimum atomic E-state index is -0.174. The highest BCUT2D eigenvalue weighted by Crippen LogP contribution is 2.41. The van der Waals surface area contributed by atoms with Crippen LogP contribution in [0.4, 0.5) is 5.69 Å². The van der Waals surface area contributed by atoms with Gasteiger partial charge in [0.1, 0.15) is 6.17 Å². The van der Waals surface area contributed by atoms with E-state index in [1.807, 2.05) is 30.3 Å². The first-order chi connectivity index (χ1) is 10.3. The van der Waals surface area contributed by atoms with Gasteiger partial charge in [-0.05, 0) is 24.1 Å². The van der Waals surface area contributed by atoms with Gasteiger partial charge in [0.15, 0.2) is 0 Å². The van der Waals surface area contributed by atoms with Gasteiger partial charge in [-0.25, -0.2) is 0 Å². The monoisotopic (exact) mass is 280 g/mol. The summed E-state index contributed by atoms with van der Waals surface area (Å²) >= 11 is 0. The second-order valence-corrected chi connectivity index (χ2v) is 5.49.